The number of rotatable bonds is 1. The number of benzene rings is 1. The molecule has 2 N–H and O–H groups in total. The van der Waals surface area contributed by atoms with Crippen molar-refractivity contribution in [3.8, 4) is 0 Å². The molecule has 4 nitrogen and oxygen atoms in total. The standard InChI is InChI=1S/C17H23F3N2O2/c1-16(2,3)24-15(23)22-8-6-11(7-9-22)12-4-5-14(21)13(10-12)17(18,19)20/h4-5,10-11H,6-9,21H2,1-3H3. The van der Waals surface area contributed by atoms with E-state index in [-0.39, 0.29) is 17.7 Å². The molecule has 0 spiro atoms. The summed E-state index contributed by atoms with van der Waals surface area (Å²) < 4.78 is 44.2. The molecule has 1 aromatic carbocycles. The van der Waals surface area contributed by atoms with Crippen LogP contribution in [0.2, 0.25) is 0 Å². The van der Waals surface area contributed by atoms with Gasteiger partial charge in [-0.05, 0) is 57.2 Å². The zero-order valence-electron chi connectivity index (χ0n) is 14.1. The quantitative estimate of drug-likeness (QED) is 0.768. The SMILES string of the molecule is CC(C)(C)OC(=O)N1CCC(c2ccc(N)c(C(F)(F)F)c2)CC1. The van der Waals surface area contributed by atoms with E-state index in [1.165, 1.54) is 6.07 Å². The average Bonchev–Trinajstić information content (AvgIpc) is 2.45. The van der Waals surface area contributed by atoms with E-state index in [0.29, 0.717) is 31.5 Å². The molecular formula is C17H23F3N2O2. The Hall–Kier alpha value is -1.92. The second kappa shape index (κ2) is 6.53. The molecule has 2 rings (SSSR count). The number of hydrogen-bond donors (Lipinski definition) is 1. The maximum absolute atomic E-state index is 13.0. The maximum Gasteiger partial charge on any atom is 0.418 e. The first kappa shape index (κ1) is 18.4. The van der Waals surface area contributed by atoms with Crippen molar-refractivity contribution in [1.29, 1.82) is 0 Å². The predicted molar refractivity (Wildman–Crippen MR) is 85.6 cm³/mol. The summed E-state index contributed by atoms with van der Waals surface area (Å²) in [6.07, 6.45) is -3.65. The Balaban J connectivity index is 2.04. The normalized spacial score (nSPS) is 17.0. The Labute approximate surface area is 139 Å². The topological polar surface area (TPSA) is 55.6 Å². The molecule has 0 aliphatic carbocycles. The van der Waals surface area contributed by atoms with Gasteiger partial charge in [0.1, 0.15) is 5.60 Å². The number of nitrogens with zero attached hydrogens (tertiary/aromatic N) is 1. The number of halogens is 3. The van der Waals surface area contributed by atoms with Crippen molar-refractivity contribution in [3.63, 3.8) is 0 Å². The third-order valence-corrected chi connectivity index (χ3v) is 4.00. The number of nitrogen functional groups attached to an aromatic ring is 1. The van der Waals surface area contributed by atoms with E-state index in [0.717, 1.165) is 6.07 Å². The molecule has 0 unspecified atom stereocenters. The number of carbonyl (C=O) groups excluding carboxylic acids is 1. The van der Waals surface area contributed by atoms with Crippen LogP contribution in [0, 0.1) is 0 Å². The number of ether oxygens (including phenoxy) is 1. The summed E-state index contributed by atoms with van der Waals surface area (Å²) in [4.78, 5) is 13.6. The number of piperidine rings is 1. The molecule has 1 aromatic rings. The predicted octanol–water partition coefficient (Wildman–Crippen LogP) is 4.40. The van der Waals surface area contributed by atoms with Crippen LogP contribution in [-0.4, -0.2) is 29.7 Å². The van der Waals surface area contributed by atoms with E-state index in [1.54, 1.807) is 31.7 Å². The lowest BCUT2D eigenvalue weighted by atomic mass is 9.88. The Morgan fingerprint density at radius 2 is 1.79 bits per heavy atom. The molecule has 1 aliphatic heterocycles. The van der Waals surface area contributed by atoms with Crippen LogP contribution >= 0.6 is 0 Å². The van der Waals surface area contributed by atoms with E-state index < -0.39 is 17.3 Å². The highest BCUT2D eigenvalue weighted by Gasteiger charge is 2.34. The first-order valence-electron chi connectivity index (χ1n) is 7.92. The van der Waals surface area contributed by atoms with Crippen LogP contribution in [0.3, 0.4) is 0 Å². The molecule has 0 aromatic heterocycles. The lowest BCUT2D eigenvalue weighted by Gasteiger charge is -2.33. The summed E-state index contributed by atoms with van der Waals surface area (Å²) in [5, 5.41) is 0. The third-order valence-electron chi connectivity index (χ3n) is 4.00. The fourth-order valence-electron chi connectivity index (χ4n) is 2.80. The minimum absolute atomic E-state index is 0.0228. The molecule has 0 saturated carbocycles. The van der Waals surface area contributed by atoms with Crippen molar-refractivity contribution in [1.82, 2.24) is 4.90 Å². The van der Waals surface area contributed by atoms with Crippen molar-refractivity contribution >= 4 is 11.8 Å². The molecule has 0 bridgehead atoms. The van der Waals surface area contributed by atoms with Crippen molar-refractivity contribution in [3.05, 3.63) is 29.3 Å². The highest BCUT2D eigenvalue weighted by Crippen LogP contribution is 2.37. The van der Waals surface area contributed by atoms with Crippen LogP contribution in [0.15, 0.2) is 18.2 Å². The molecule has 1 amide bonds. The third kappa shape index (κ3) is 4.55. The molecule has 0 radical (unpaired) electrons. The molecule has 1 fully saturated rings. The zero-order chi connectivity index (χ0) is 18.1. The first-order valence-corrected chi connectivity index (χ1v) is 7.92. The van der Waals surface area contributed by atoms with E-state index in [1.807, 2.05) is 0 Å². The number of nitrogens with two attached hydrogens (primary N) is 1. The summed E-state index contributed by atoms with van der Waals surface area (Å²) in [6.45, 7) is 6.32. The van der Waals surface area contributed by atoms with Crippen LogP contribution < -0.4 is 5.73 Å². The fraction of sp³-hybridized carbons (Fsp3) is 0.588. The Kier molecular flexibility index (Phi) is 5.01. The number of alkyl halides is 3. The van der Waals surface area contributed by atoms with Gasteiger partial charge in [0, 0.05) is 18.8 Å². The number of amides is 1. The van der Waals surface area contributed by atoms with E-state index in [9.17, 15) is 18.0 Å². The minimum Gasteiger partial charge on any atom is -0.444 e. The van der Waals surface area contributed by atoms with Gasteiger partial charge in [-0.1, -0.05) is 6.07 Å². The van der Waals surface area contributed by atoms with E-state index >= 15 is 0 Å². The van der Waals surface area contributed by atoms with Gasteiger partial charge >= 0.3 is 12.3 Å². The zero-order valence-corrected chi connectivity index (χ0v) is 14.1. The van der Waals surface area contributed by atoms with Crippen molar-refractivity contribution in [2.45, 2.75) is 51.3 Å². The highest BCUT2D eigenvalue weighted by atomic mass is 19.4. The average molecular weight is 344 g/mol. The number of anilines is 1. The van der Waals surface area contributed by atoms with Crippen LogP contribution in [-0.2, 0) is 10.9 Å². The Bertz CT molecular complexity index is 601. The van der Waals surface area contributed by atoms with Crippen LogP contribution in [0.1, 0.15) is 50.7 Å². The van der Waals surface area contributed by atoms with Gasteiger partial charge in [-0.2, -0.15) is 13.2 Å². The van der Waals surface area contributed by atoms with Gasteiger partial charge < -0.3 is 15.4 Å². The molecule has 1 aliphatic rings. The first-order chi connectivity index (χ1) is 11.0. The lowest BCUT2D eigenvalue weighted by molar-refractivity contribution is -0.137. The Morgan fingerprint density at radius 1 is 1.21 bits per heavy atom. The molecule has 134 valence electrons. The molecule has 1 saturated heterocycles. The van der Waals surface area contributed by atoms with Gasteiger partial charge in [0.2, 0.25) is 0 Å². The van der Waals surface area contributed by atoms with Crippen molar-refractivity contribution < 1.29 is 22.7 Å². The van der Waals surface area contributed by atoms with Crippen molar-refractivity contribution in [2.24, 2.45) is 0 Å². The summed E-state index contributed by atoms with van der Waals surface area (Å²) >= 11 is 0. The summed E-state index contributed by atoms with van der Waals surface area (Å²) in [7, 11) is 0. The second-order valence-electron chi connectivity index (χ2n) is 7.09. The molecular weight excluding hydrogens is 321 g/mol. The Morgan fingerprint density at radius 3 is 2.29 bits per heavy atom. The highest BCUT2D eigenvalue weighted by molar-refractivity contribution is 5.68. The van der Waals surface area contributed by atoms with Gasteiger partial charge in [0.05, 0.1) is 5.56 Å². The van der Waals surface area contributed by atoms with E-state index in [4.69, 9.17) is 10.5 Å². The molecule has 7 heteroatoms. The molecule has 24 heavy (non-hydrogen) atoms. The van der Waals surface area contributed by atoms with Crippen molar-refractivity contribution in [2.75, 3.05) is 18.8 Å². The summed E-state index contributed by atoms with van der Waals surface area (Å²) in [5.74, 6) is -0.0228. The maximum atomic E-state index is 13.0. The lowest BCUT2D eigenvalue weighted by Crippen LogP contribution is -2.41. The van der Waals surface area contributed by atoms with Gasteiger partial charge in [0.15, 0.2) is 0 Å². The number of hydrogen-bond acceptors (Lipinski definition) is 3. The number of likely N-dealkylation sites (tertiary alicyclic amines) is 1. The van der Waals surface area contributed by atoms with Crippen LogP contribution in [0.5, 0.6) is 0 Å². The van der Waals surface area contributed by atoms with Gasteiger partial charge in [-0.3, -0.25) is 0 Å². The molecule has 1 heterocycles. The second-order valence-corrected chi connectivity index (χ2v) is 7.09. The smallest absolute Gasteiger partial charge is 0.418 e. The van der Waals surface area contributed by atoms with E-state index in [2.05, 4.69) is 0 Å². The molecule has 0 atom stereocenters. The van der Waals surface area contributed by atoms with Crippen LogP contribution in [0.25, 0.3) is 0 Å². The summed E-state index contributed by atoms with van der Waals surface area (Å²) in [5.41, 5.74) is 4.42. The van der Waals surface area contributed by atoms with Gasteiger partial charge in [0.25, 0.3) is 0 Å². The van der Waals surface area contributed by atoms with Gasteiger partial charge in [-0.15, -0.1) is 0 Å². The van der Waals surface area contributed by atoms with Gasteiger partial charge in [-0.25, -0.2) is 4.79 Å². The fourth-order valence-corrected chi connectivity index (χ4v) is 2.80. The summed E-state index contributed by atoms with van der Waals surface area (Å²) in [6, 6.07) is 4.07. The number of carbonyl (C=O) groups is 1. The monoisotopic (exact) mass is 344 g/mol. The van der Waals surface area contributed by atoms with Crippen LogP contribution in [0.4, 0.5) is 23.7 Å². The minimum atomic E-state index is -4.46. The largest absolute Gasteiger partial charge is 0.444 e.